The highest BCUT2D eigenvalue weighted by Crippen LogP contribution is 2.29. The number of hydrogen-bond acceptors (Lipinski definition) is 1. The van der Waals surface area contributed by atoms with Crippen LogP contribution in [-0.2, 0) is 0 Å². The molecular weight excluding hydrogens is 333 g/mol. The Morgan fingerprint density at radius 2 is 1.78 bits per heavy atom. The highest BCUT2D eigenvalue weighted by Gasteiger charge is 2.08. The van der Waals surface area contributed by atoms with Crippen molar-refractivity contribution in [3.63, 3.8) is 0 Å². The molecule has 1 nitrogen and oxygen atoms in total. The predicted octanol–water partition coefficient (Wildman–Crippen LogP) is 5.93. The van der Waals surface area contributed by atoms with Gasteiger partial charge < -0.3 is 5.32 Å². The fourth-order valence-corrected chi connectivity index (χ4v) is 2.69. The minimum absolute atomic E-state index is 0.168. The van der Waals surface area contributed by atoms with Crippen molar-refractivity contribution in [2.24, 2.45) is 0 Å². The summed E-state index contributed by atoms with van der Waals surface area (Å²) in [5.41, 5.74) is 2.15. The fourth-order valence-electron chi connectivity index (χ4n) is 1.70. The normalized spacial score (nSPS) is 12.2. The lowest BCUT2D eigenvalue weighted by atomic mass is 10.1. The molecule has 1 N–H and O–H groups in total. The van der Waals surface area contributed by atoms with Crippen LogP contribution in [0.1, 0.15) is 18.5 Å². The number of benzene rings is 2. The molecule has 18 heavy (non-hydrogen) atoms. The van der Waals surface area contributed by atoms with Gasteiger partial charge in [-0.2, -0.15) is 0 Å². The van der Waals surface area contributed by atoms with Gasteiger partial charge >= 0.3 is 0 Å². The van der Waals surface area contributed by atoms with E-state index in [1.54, 1.807) is 0 Å². The van der Waals surface area contributed by atoms with Gasteiger partial charge in [-0.15, -0.1) is 0 Å². The Morgan fingerprint density at radius 3 is 2.44 bits per heavy atom. The van der Waals surface area contributed by atoms with E-state index in [0.717, 1.165) is 20.7 Å². The number of hydrogen-bond donors (Lipinski definition) is 1. The standard InChI is InChI=1S/C14H12BrCl2N/c1-9(10-3-2-4-11(16)7-10)18-14-6-5-12(17)8-13(14)15/h2-9,18H,1H3. The van der Waals surface area contributed by atoms with Crippen LogP contribution in [0.3, 0.4) is 0 Å². The van der Waals surface area contributed by atoms with Gasteiger partial charge in [-0.1, -0.05) is 35.3 Å². The van der Waals surface area contributed by atoms with Gasteiger partial charge in [0, 0.05) is 26.2 Å². The molecule has 0 saturated heterocycles. The second-order valence-corrected chi connectivity index (χ2v) is 5.77. The minimum atomic E-state index is 0.168. The quantitative estimate of drug-likeness (QED) is 0.727. The van der Waals surface area contributed by atoms with Crippen LogP contribution in [-0.4, -0.2) is 0 Å². The number of halogens is 3. The van der Waals surface area contributed by atoms with E-state index in [1.807, 2.05) is 42.5 Å². The summed E-state index contributed by atoms with van der Waals surface area (Å²) in [5, 5.41) is 4.87. The Morgan fingerprint density at radius 1 is 1.06 bits per heavy atom. The zero-order chi connectivity index (χ0) is 13.1. The van der Waals surface area contributed by atoms with Gasteiger partial charge in [-0.05, 0) is 58.7 Å². The molecule has 2 aromatic carbocycles. The Bertz CT molecular complexity index is 557. The number of anilines is 1. The number of rotatable bonds is 3. The van der Waals surface area contributed by atoms with Gasteiger partial charge in [0.25, 0.3) is 0 Å². The molecule has 2 aromatic rings. The summed E-state index contributed by atoms with van der Waals surface area (Å²) >= 11 is 15.4. The molecule has 0 saturated carbocycles. The third kappa shape index (κ3) is 3.41. The average Bonchev–Trinajstić information content (AvgIpc) is 2.32. The Kier molecular flexibility index (Phi) is 4.55. The van der Waals surface area contributed by atoms with Crippen LogP contribution in [0.4, 0.5) is 5.69 Å². The molecular formula is C14H12BrCl2N. The fraction of sp³-hybridized carbons (Fsp3) is 0.143. The average molecular weight is 345 g/mol. The summed E-state index contributed by atoms with van der Waals surface area (Å²) in [5.74, 6) is 0. The molecule has 0 aliphatic rings. The SMILES string of the molecule is CC(Nc1ccc(Cl)cc1Br)c1cccc(Cl)c1. The van der Waals surface area contributed by atoms with E-state index in [-0.39, 0.29) is 6.04 Å². The van der Waals surface area contributed by atoms with E-state index in [9.17, 15) is 0 Å². The highest BCUT2D eigenvalue weighted by molar-refractivity contribution is 9.10. The minimum Gasteiger partial charge on any atom is -0.378 e. The molecule has 0 heterocycles. The smallest absolute Gasteiger partial charge is 0.0490 e. The van der Waals surface area contributed by atoms with E-state index in [4.69, 9.17) is 23.2 Å². The molecule has 0 fully saturated rings. The lowest BCUT2D eigenvalue weighted by Gasteiger charge is -2.17. The van der Waals surface area contributed by atoms with E-state index in [2.05, 4.69) is 28.2 Å². The summed E-state index contributed by atoms with van der Waals surface area (Å²) in [7, 11) is 0. The van der Waals surface area contributed by atoms with Gasteiger partial charge in [-0.3, -0.25) is 0 Å². The molecule has 0 aromatic heterocycles. The van der Waals surface area contributed by atoms with Crippen LogP contribution >= 0.6 is 39.1 Å². The van der Waals surface area contributed by atoms with Crippen molar-refractivity contribution in [3.8, 4) is 0 Å². The van der Waals surface area contributed by atoms with Crippen molar-refractivity contribution in [1.29, 1.82) is 0 Å². The lowest BCUT2D eigenvalue weighted by Crippen LogP contribution is -2.06. The zero-order valence-electron chi connectivity index (χ0n) is 9.75. The van der Waals surface area contributed by atoms with Crippen LogP contribution in [0.25, 0.3) is 0 Å². The highest BCUT2D eigenvalue weighted by atomic mass is 79.9. The largest absolute Gasteiger partial charge is 0.378 e. The van der Waals surface area contributed by atoms with Crippen molar-refractivity contribution in [2.75, 3.05) is 5.32 Å². The van der Waals surface area contributed by atoms with E-state index < -0.39 is 0 Å². The molecule has 0 amide bonds. The maximum Gasteiger partial charge on any atom is 0.0490 e. The first-order chi connectivity index (χ1) is 8.56. The van der Waals surface area contributed by atoms with E-state index >= 15 is 0 Å². The Balaban J connectivity index is 2.18. The summed E-state index contributed by atoms with van der Waals surface area (Å²) in [6, 6.07) is 13.7. The third-order valence-electron chi connectivity index (χ3n) is 2.65. The maximum absolute atomic E-state index is 5.99. The summed E-state index contributed by atoms with van der Waals surface area (Å²) < 4.78 is 0.948. The maximum atomic E-state index is 5.99. The summed E-state index contributed by atoms with van der Waals surface area (Å²) in [4.78, 5) is 0. The zero-order valence-corrected chi connectivity index (χ0v) is 12.9. The molecule has 1 unspecified atom stereocenters. The summed E-state index contributed by atoms with van der Waals surface area (Å²) in [6.45, 7) is 2.09. The molecule has 1 atom stereocenters. The van der Waals surface area contributed by atoms with Crippen LogP contribution in [0.15, 0.2) is 46.9 Å². The first-order valence-corrected chi connectivity index (χ1v) is 7.08. The van der Waals surface area contributed by atoms with Crippen LogP contribution in [0.2, 0.25) is 10.0 Å². The molecule has 4 heteroatoms. The van der Waals surface area contributed by atoms with Gasteiger partial charge in [0.15, 0.2) is 0 Å². The molecule has 0 spiro atoms. The van der Waals surface area contributed by atoms with Crippen molar-refractivity contribution >= 4 is 44.8 Å². The van der Waals surface area contributed by atoms with Crippen LogP contribution < -0.4 is 5.32 Å². The van der Waals surface area contributed by atoms with Crippen molar-refractivity contribution in [3.05, 3.63) is 62.5 Å². The summed E-state index contributed by atoms with van der Waals surface area (Å²) in [6.07, 6.45) is 0. The van der Waals surface area contributed by atoms with Gasteiger partial charge in [0.1, 0.15) is 0 Å². The second-order valence-electron chi connectivity index (χ2n) is 4.05. The van der Waals surface area contributed by atoms with E-state index in [0.29, 0.717) is 5.02 Å². The molecule has 94 valence electrons. The topological polar surface area (TPSA) is 12.0 Å². The first-order valence-electron chi connectivity index (χ1n) is 5.53. The lowest BCUT2D eigenvalue weighted by molar-refractivity contribution is 0.884. The van der Waals surface area contributed by atoms with Crippen LogP contribution in [0.5, 0.6) is 0 Å². The van der Waals surface area contributed by atoms with Gasteiger partial charge in [0.05, 0.1) is 0 Å². The monoisotopic (exact) mass is 343 g/mol. The van der Waals surface area contributed by atoms with Crippen LogP contribution in [0, 0.1) is 0 Å². The molecule has 0 bridgehead atoms. The van der Waals surface area contributed by atoms with Crippen molar-refractivity contribution in [2.45, 2.75) is 13.0 Å². The number of nitrogens with one attached hydrogen (secondary N) is 1. The first kappa shape index (κ1) is 13.7. The van der Waals surface area contributed by atoms with Gasteiger partial charge in [0.2, 0.25) is 0 Å². The van der Waals surface area contributed by atoms with Gasteiger partial charge in [-0.25, -0.2) is 0 Å². The molecule has 2 rings (SSSR count). The van der Waals surface area contributed by atoms with E-state index in [1.165, 1.54) is 0 Å². The predicted molar refractivity (Wildman–Crippen MR) is 82.6 cm³/mol. The molecule has 0 aliphatic carbocycles. The molecule has 0 aliphatic heterocycles. The van der Waals surface area contributed by atoms with Crippen molar-refractivity contribution < 1.29 is 0 Å². The Labute approximate surface area is 125 Å². The Hall–Kier alpha value is -0.700. The van der Waals surface area contributed by atoms with Crippen molar-refractivity contribution in [1.82, 2.24) is 0 Å². The second kappa shape index (κ2) is 5.96. The third-order valence-corrected chi connectivity index (χ3v) is 3.78. The molecule has 0 radical (unpaired) electrons.